The molecule has 0 radical (unpaired) electrons. The summed E-state index contributed by atoms with van der Waals surface area (Å²) in [6.07, 6.45) is 3.21. The normalized spacial score (nSPS) is 11.5. The van der Waals surface area contributed by atoms with Crippen LogP contribution in [0.2, 0.25) is 5.02 Å². The summed E-state index contributed by atoms with van der Waals surface area (Å²) in [5.74, 6) is 0.384. The van der Waals surface area contributed by atoms with Gasteiger partial charge in [-0.25, -0.2) is 10.2 Å². The summed E-state index contributed by atoms with van der Waals surface area (Å²) in [5, 5.41) is 4.83. The monoisotopic (exact) mass is 450 g/mol. The molecule has 0 amide bonds. The fraction of sp³-hybridized carbons (Fsp3) is 0.217. The average molecular weight is 451 g/mol. The number of nitrogens with one attached hydrogen (secondary N) is 1. The lowest BCUT2D eigenvalue weighted by molar-refractivity contribution is 0.651. The van der Waals surface area contributed by atoms with Crippen molar-refractivity contribution in [2.45, 2.75) is 19.4 Å². The fourth-order valence-electron chi connectivity index (χ4n) is 3.57. The topological polar surface area (TPSA) is 86.2 Å². The minimum Gasteiger partial charge on any atom is -0.303 e. The van der Waals surface area contributed by atoms with E-state index in [4.69, 9.17) is 11.6 Å². The summed E-state index contributed by atoms with van der Waals surface area (Å²) >= 11 is 6.18. The summed E-state index contributed by atoms with van der Waals surface area (Å²) in [4.78, 5) is 29.8. The maximum Gasteiger partial charge on any atom is 0.332 e. The van der Waals surface area contributed by atoms with Crippen LogP contribution < -0.4 is 16.7 Å². The van der Waals surface area contributed by atoms with Crippen molar-refractivity contribution in [1.29, 1.82) is 0 Å². The number of fused-ring (bicyclic) bond motifs is 1. The highest BCUT2D eigenvalue weighted by atomic mass is 35.5. The van der Waals surface area contributed by atoms with Crippen LogP contribution >= 0.6 is 11.6 Å². The number of imidazole rings is 1. The SMILES string of the molecule is Cn1c(=O)c2c(nc(NN=Cc3ccccc3Cl)n2CCCc2ccccc2)n(C)c1=O. The van der Waals surface area contributed by atoms with E-state index < -0.39 is 11.2 Å². The highest BCUT2D eigenvalue weighted by Crippen LogP contribution is 2.18. The van der Waals surface area contributed by atoms with Crippen LogP contribution in [-0.4, -0.2) is 24.9 Å². The molecular weight excluding hydrogens is 428 g/mol. The molecule has 32 heavy (non-hydrogen) atoms. The number of rotatable bonds is 7. The molecule has 164 valence electrons. The smallest absolute Gasteiger partial charge is 0.303 e. The lowest BCUT2D eigenvalue weighted by Crippen LogP contribution is -2.37. The van der Waals surface area contributed by atoms with Gasteiger partial charge in [-0.1, -0.05) is 60.1 Å². The molecule has 0 atom stereocenters. The van der Waals surface area contributed by atoms with Crippen LogP contribution in [0.1, 0.15) is 17.5 Å². The zero-order valence-electron chi connectivity index (χ0n) is 17.8. The molecule has 8 nitrogen and oxygen atoms in total. The van der Waals surface area contributed by atoms with Crippen LogP contribution in [-0.2, 0) is 27.1 Å². The highest BCUT2D eigenvalue weighted by molar-refractivity contribution is 6.33. The van der Waals surface area contributed by atoms with E-state index in [0.29, 0.717) is 28.7 Å². The Balaban J connectivity index is 1.70. The van der Waals surface area contributed by atoms with Crippen molar-refractivity contribution in [1.82, 2.24) is 18.7 Å². The quantitative estimate of drug-likeness (QED) is 0.346. The molecule has 2 aromatic carbocycles. The van der Waals surface area contributed by atoms with E-state index in [1.807, 2.05) is 36.4 Å². The molecule has 0 aliphatic rings. The Hall–Kier alpha value is -3.65. The molecule has 0 saturated carbocycles. The predicted molar refractivity (Wildman–Crippen MR) is 128 cm³/mol. The van der Waals surface area contributed by atoms with Gasteiger partial charge < -0.3 is 4.57 Å². The summed E-state index contributed by atoms with van der Waals surface area (Å²) in [6.45, 7) is 0.531. The largest absolute Gasteiger partial charge is 0.332 e. The van der Waals surface area contributed by atoms with Gasteiger partial charge >= 0.3 is 5.69 Å². The Bertz CT molecular complexity index is 1400. The van der Waals surface area contributed by atoms with E-state index in [1.165, 1.54) is 17.2 Å². The number of anilines is 1. The molecule has 2 heterocycles. The number of hydrogen-bond donors (Lipinski definition) is 1. The maximum atomic E-state index is 12.9. The number of aryl methyl sites for hydroxylation is 3. The van der Waals surface area contributed by atoms with E-state index in [-0.39, 0.29) is 0 Å². The summed E-state index contributed by atoms with van der Waals surface area (Å²) in [5.41, 5.74) is 4.73. The summed E-state index contributed by atoms with van der Waals surface area (Å²) in [7, 11) is 3.07. The lowest BCUT2D eigenvalue weighted by Gasteiger charge is -2.09. The molecule has 2 aromatic heterocycles. The Morgan fingerprint density at radius 3 is 2.50 bits per heavy atom. The van der Waals surface area contributed by atoms with Gasteiger partial charge in [-0.2, -0.15) is 10.1 Å². The van der Waals surface area contributed by atoms with Crippen LogP contribution in [0.4, 0.5) is 5.95 Å². The summed E-state index contributed by atoms with van der Waals surface area (Å²) in [6, 6.07) is 17.5. The molecule has 1 N–H and O–H groups in total. The lowest BCUT2D eigenvalue weighted by atomic mass is 10.1. The van der Waals surface area contributed by atoms with Crippen LogP contribution in [0.3, 0.4) is 0 Å². The first-order valence-electron chi connectivity index (χ1n) is 10.2. The van der Waals surface area contributed by atoms with Crippen molar-refractivity contribution in [3.8, 4) is 0 Å². The number of benzene rings is 2. The van der Waals surface area contributed by atoms with Gasteiger partial charge in [0.15, 0.2) is 11.2 Å². The second kappa shape index (κ2) is 9.23. The van der Waals surface area contributed by atoms with Crippen LogP contribution in [0.25, 0.3) is 11.2 Å². The minimum absolute atomic E-state index is 0.313. The molecule has 0 saturated heterocycles. The molecule has 9 heteroatoms. The van der Waals surface area contributed by atoms with Crippen molar-refractivity contribution >= 4 is 34.9 Å². The van der Waals surface area contributed by atoms with Gasteiger partial charge in [0.05, 0.1) is 6.21 Å². The van der Waals surface area contributed by atoms with Crippen molar-refractivity contribution in [2.24, 2.45) is 19.2 Å². The van der Waals surface area contributed by atoms with E-state index in [0.717, 1.165) is 23.0 Å². The number of halogens is 1. The molecular formula is C23H23ClN6O2. The molecule has 0 unspecified atom stereocenters. The van der Waals surface area contributed by atoms with E-state index >= 15 is 0 Å². The van der Waals surface area contributed by atoms with Crippen molar-refractivity contribution in [3.63, 3.8) is 0 Å². The molecule has 4 rings (SSSR count). The Labute approximate surface area is 189 Å². The van der Waals surface area contributed by atoms with E-state index in [9.17, 15) is 9.59 Å². The highest BCUT2D eigenvalue weighted by Gasteiger charge is 2.18. The zero-order chi connectivity index (χ0) is 22.7. The molecule has 0 aliphatic carbocycles. The first kappa shape index (κ1) is 21.6. The second-order valence-corrected chi connectivity index (χ2v) is 7.85. The number of nitrogens with zero attached hydrogens (tertiary/aromatic N) is 5. The fourth-order valence-corrected chi connectivity index (χ4v) is 3.76. The predicted octanol–water partition coefficient (Wildman–Crippen LogP) is 3.17. The molecule has 4 aromatic rings. The third-order valence-electron chi connectivity index (χ3n) is 5.31. The van der Waals surface area contributed by atoms with Gasteiger partial charge in [-0.15, -0.1) is 0 Å². The first-order chi connectivity index (χ1) is 15.5. The van der Waals surface area contributed by atoms with Gasteiger partial charge in [-0.3, -0.25) is 13.9 Å². The number of aromatic nitrogens is 4. The Morgan fingerprint density at radius 2 is 1.75 bits per heavy atom. The van der Waals surface area contributed by atoms with E-state index in [2.05, 4.69) is 27.6 Å². The zero-order valence-corrected chi connectivity index (χ0v) is 18.6. The van der Waals surface area contributed by atoms with Crippen LogP contribution in [0.5, 0.6) is 0 Å². The Kier molecular flexibility index (Phi) is 6.23. The third-order valence-corrected chi connectivity index (χ3v) is 5.66. The molecule has 0 fully saturated rings. The molecule has 0 spiro atoms. The van der Waals surface area contributed by atoms with Gasteiger partial charge in [-0.05, 0) is 24.5 Å². The second-order valence-electron chi connectivity index (χ2n) is 7.45. The number of hydrogen-bond acceptors (Lipinski definition) is 5. The Morgan fingerprint density at radius 1 is 1.03 bits per heavy atom. The van der Waals surface area contributed by atoms with Gasteiger partial charge in [0.25, 0.3) is 5.56 Å². The van der Waals surface area contributed by atoms with Gasteiger partial charge in [0.1, 0.15) is 0 Å². The molecule has 0 aliphatic heterocycles. The van der Waals surface area contributed by atoms with E-state index in [1.54, 1.807) is 23.9 Å². The standard InChI is InChI=1S/C23H23ClN6O2/c1-28-20-19(21(31)29(2)23(28)32)30(14-8-11-16-9-4-3-5-10-16)22(26-20)27-25-15-17-12-6-7-13-18(17)24/h3-7,9-10,12-13,15H,8,11,14H2,1-2H3,(H,26,27). The van der Waals surface area contributed by atoms with Gasteiger partial charge in [0, 0.05) is 31.2 Å². The maximum absolute atomic E-state index is 12.9. The van der Waals surface area contributed by atoms with Crippen LogP contribution in [0.15, 0.2) is 69.3 Å². The average Bonchev–Trinajstić information content (AvgIpc) is 3.17. The van der Waals surface area contributed by atoms with Crippen molar-refractivity contribution < 1.29 is 0 Å². The van der Waals surface area contributed by atoms with Gasteiger partial charge in [0.2, 0.25) is 5.95 Å². The van der Waals surface area contributed by atoms with Crippen molar-refractivity contribution in [3.05, 3.63) is 91.6 Å². The minimum atomic E-state index is -0.428. The summed E-state index contributed by atoms with van der Waals surface area (Å²) < 4.78 is 4.24. The van der Waals surface area contributed by atoms with Crippen molar-refractivity contribution in [2.75, 3.05) is 5.43 Å². The number of hydrazone groups is 1. The molecule has 0 bridgehead atoms. The first-order valence-corrected chi connectivity index (χ1v) is 10.6. The van der Waals surface area contributed by atoms with Crippen LogP contribution in [0, 0.1) is 0 Å². The third kappa shape index (κ3) is 4.22.